The molecule has 0 spiro atoms. The fraction of sp³-hybridized carbons (Fsp3) is 0.767. The van der Waals surface area contributed by atoms with Crippen LogP contribution in [0.4, 0.5) is 0 Å². The van der Waals surface area contributed by atoms with Gasteiger partial charge in [-0.1, -0.05) is 62.4 Å². The van der Waals surface area contributed by atoms with Gasteiger partial charge in [-0.2, -0.15) is 0 Å². The van der Waals surface area contributed by atoms with Crippen molar-refractivity contribution in [2.75, 3.05) is 205 Å². The van der Waals surface area contributed by atoms with Crippen LogP contribution in [-0.4, -0.2) is 210 Å². The van der Waals surface area contributed by atoms with Gasteiger partial charge in [0.1, 0.15) is 0 Å². The highest BCUT2D eigenvalue weighted by atomic mass is 16.6. The predicted molar refractivity (Wildman–Crippen MR) is 226 cm³/mol. The molecular weight excluding hydrogens is 772 g/mol. The minimum absolute atomic E-state index is 0.0236. The molecule has 0 aliphatic rings. The van der Waals surface area contributed by atoms with E-state index in [0.29, 0.717) is 192 Å². The predicted octanol–water partition coefficient (Wildman–Crippen LogP) is 3.72. The molecule has 0 heterocycles. The number of ether oxygens (including phenoxy) is 15. The van der Waals surface area contributed by atoms with E-state index < -0.39 is 0 Å². The number of hydrogen-bond donors (Lipinski definition) is 1. The maximum atomic E-state index is 8.58. The summed E-state index contributed by atoms with van der Waals surface area (Å²) in [6.45, 7) is 18.7. The van der Waals surface area contributed by atoms with Crippen molar-refractivity contribution in [3.8, 4) is 0 Å². The number of rotatable bonds is 44. The first kappa shape index (κ1) is 57.1. The summed E-state index contributed by atoms with van der Waals surface area (Å²) in [5.41, 5.74) is 0. The van der Waals surface area contributed by atoms with Gasteiger partial charge in [0.05, 0.1) is 198 Å². The smallest absolute Gasteiger partial charge is 0.0701 e. The summed E-state index contributed by atoms with van der Waals surface area (Å²) < 4.78 is 80.5. The van der Waals surface area contributed by atoms with Crippen molar-refractivity contribution in [1.29, 1.82) is 0 Å². The molecule has 346 valence electrons. The highest BCUT2D eigenvalue weighted by molar-refractivity contribution is 5.82. The van der Waals surface area contributed by atoms with Crippen LogP contribution < -0.4 is 0 Å². The Morgan fingerprint density at radius 2 is 0.424 bits per heavy atom. The number of fused-ring (bicyclic) bond motifs is 1. The van der Waals surface area contributed by atoms with Gasteiger partial charge in [-0.25, -0.2) is 0 Å². The number of aliphatic hydroxyl groups is 1. The van der Waals surface area contributed by atoms with E-state index in [-0.39, 0.29) is 6.61 Å². The highest BCUT2D eigenvalue weighted by Crippen LogP contribution is 2.11. The molecule has 0 saturated carbocycles. The van der Waals surface area contributed by atoms with Gasteiger partial charge >= 0.3 is 0 Å². The third kappa shape index (κ3) is 45.4. The first-order valence-corrected chi connectivity index (χ1v) is 21.0. The molecule has 0 aliphatic carbocycles. The maximum absolute atomic E-state index is 8.58. The summed E-state index contributed by atoms with van der Waals surface area (Å²) in [5.74, 6) is 0. The Bertz CT molecular complexity index is 931. The molecule has 16 heteroatoms. The van der Waals surface area contributed by atoms with Gasteiger partial charge in [0.15, 0.2) is 0 Å². The number of benzene rings is 2. The molecule has 0 atom stereocenters. The second-order valence-electron chi connectivity index (χ2n) is 11.6. The van der Waals surface area contributed by atoms with Crippen LogP contribution in [0.5, 0.6) is 0 Å². The molecule has 0 aliphatic heterocycles. The van der Waals surface area contributed by atoms with E-state index in [1.54, 1.807) is 7.11 Å². The van der Waals surface area contributed by atoms with Gasteiger partial charge in [-0.3, -0.25) is 0 Å². The van der Waals surface area contributed by atoms with Gasteiger partial charge in [0, 0.05) is 7.11 Å². The van der Waals surface area contributed by atoms with Crippen LogP contribution in [-0.2, 0) is 71.1 Å². The number of aliphatic hydroxyl groups excluding tert-OH is 1. The summed E-state index contributed by atoms with van der Waals surface area (Å²) >= 11 is 0. The Morgan fingerprint density at radius 3 is 0.576 bits per heavy atom. The first-order chi connectivity index (χ1) is 29.4. The molecule has 1 N–H and O–H groups in total. The van der Waals surface area contributed by atoms with Crippen LogP contribution in [0.2, 0.25) is 0 Å². The van der Waals surface area contributed by atoms with Crippen molar-refractivity contribution < 1.29 is 76.2 Å². The second kappa shape index (κ2) is 52.2. The van der Waals surface area contributed by atoms with Crippen LogP contribution in [0.15, 0.2) is 48.5 Å². The van der Waals surface area contributed by atoms with Crippen molar-refractivity contribution in [2.45, 2.75) is 13.8 Å². The molecule has 0 aromatic heterocycles. The summed E-state index contributed by atoms with van der Waals surface area (Å²) in [4.78, 5) is 0. The molecule has 0 bridgehead atoms. The van der Waals surface area contributed by atoms with Crippen LogP contribution in [0, 0.1) is 0 Å². The summed E-state index contributed by atoms with van der Waals surface area (Å²) in [6, 6.07) is 16.7. The third-order valence-electron chi connectivity index (χ3n) is 7.16. The fourth-order valence-corrected chi connectivity index (χ4v) is 4.30. The van der Waals surface area contributed by atoms with Crippen molar-refractivity contribution in [2.24, 2.45) is 0 Å². The maximum Gasteiger partial charge on any atom is 0.0701 e. The summed E-state index contributed by atoms with van der Waals surface area (Å²) in [5, 5.41) is 11.2. The van der Waals surface area contributed by atoms with E-state index >= 15 is 0 Å². The van der Waals surface area contributed by atoms with Gasteiger partial charge in [0.2, 0.25) is 0 Å². The van der Waals surface area contributed by atoms with Crippen LogP contribution in [0.3, 0.4) is 0 Å². The molecule has 59 heavy (non-hydrogen) atoms. The van der Waals surface area contributed by atoms with E-state index in [4.69, 9.17) is 76.2 Å². The molecule has 0 amide bonds. The summed E-state index contributed by atoms with van der Waals surface area (Å²) in [6.07, 6.45) is 0. The largest absolute Gasteiger partial charge is 0.394 e. The van der Waals surface area contributed by atoms with E-state index in [1.807, 2.05) is 13.8 Å². The minimum atomic E-state index is 0.0236. The SMILES string of the molecule is CC.COCCOCCOCCOCCOCCOCCOCCOCCOCCOCCOCCOCCOCCOCCOCCO.c1ccc2ccccc2c1. The Morgan fingerprint density at radius 1 is 0.271 bits per heavy atom. The Hall–Kier alpha value is -1.94. The first-order valence-electron chi connectivity index (χ1n) is 21.0. The lowest BCUT2D eigenvalue weighted by molar-refractivity contribution is -0.0300. The monoisotopic (exact) mass is 851 g/mol. The Balaban J connectivity index is 0.00000236. The molecule has 0 saturated heterocycles. The molecule has 0 unspecified atom stereocenters. The van der Waals surface area contributed by atoms with Crippen molar-refractivity contribution in [3.63, 3.8) is 0 Å². The molecular formula is C43H78O16. The lowest BCUT2D eigenvalue weighted by Gasteiger charge is -2.09. The molecule has 0 fully saturated rings. The topological polar surface area (TPSA) is 159 Å². The zero-order valence-electron chi connectivity index (χ0n) is 36.4. The normalized spacial score (nSPS) is 11.1. The number of methoxy groups -OCH3 is 1. The van der Waals surface area contributed by atoms with Gasteiger partial charge < -0.3 is 76.2 Å². The molecule has 0 radical (unpaired) electrons. The number of hydrogen-bond acceptors (Lipinski definition) is 16. The quantitative estimate of drug-likeness (QED) is 0.0962. The van der Waals surface area contributed by atoms with Gasteiger partial charge in [0.25, 0.3) is 0 Å². The molecule has 2 aromatic carbocycles. The van der Waals surface area contributed by atoms with Crippen molar-refractivity contribution >= 4 is 10.8 Å². The van der Waals surface area contributed by atoms with Crippen molar-refractivity contribution in [3.05, 3.63) is 48.5 Å². The van der Waals surface area contributed by atoms with Crippen LogP contribution in [0.1, 0.15) is 13.8 Å². The van der Waals surface area contributed by atoms with E-state index in [0.717, 1.165) is 0 Å². The molecule has 2 rings (SSSR count). The minimum Gasteiger partial charge on any atom is -0.394 e. The fourth-order valence-electron chi connectivity index (χ4n) is 4.30. The summed E-state index contributed by atoms with van der Waals surface area (Å²) in [7, 11) is 1.64. The Kier molecular flexibility index (Phi) is 50.5. The lowest BCUT2D eigenvalue weighted by Crippen LogP contribution is -2.15. The highest BCUT2D eigenvalue weighted by Gasteiger charge is 1.97. The zero-order chi connectivity index (χ0) is 42.6. The standard InChI is InChI=1S/C31H64O16.C10H8.C2H6/c1-33-4-5-35-8-9-37-12-13-39-16-17-41-20-21-43-24-25-45-28-29-47-31-30-46-27-26-44-23-22-42-19-18-40-15-14-38-11-10-36-7-6-34-3-2-32;1-2-6-10-8-4-3-7-9(10)5-1;1-2/h32H,2-31H2,1H3;1-8H;1-2H3. The molecule has 2 aromatic rings. The average Bonchev–Trinajstić information content (AvgIpc) is 3.27. The molecule has 16 nitrogen and oxygen atoms in total. The zero-order valence-corrected chi connectivity index (χ0v) is 36.4. The average molecular weight is 851 g/mol. The van der Waals surface area contributed by atoms with Crippen molar-refractivity contribution in [1.82, 2.24) is 0 Å². The van der Waals surface area contributed by atoms with E-state index in [9.17, 15) is 0 Å². The van der Waals surface area contributed by atoms with Crippen LogP contribution in [0.25, 0.3) is 10.8 Å². The van der Waals surface area contributed by atoms with Crippen LogP contribution >= 0.6 is 0 Å². The van der Waals surface area contributed by atoms with E-state index in [1.165, 1.54) is 10.8 Å². The van der Waals surface area contributed by atoms with Gasteiger partial charge in [-0.15, -0.1) is 0 Å². The third-order valence-corrected chi connectivity index (χ3v) is 7.16. The van der Waals surface area contributed by atoms with Gasteiger partial charge in [-0.05, 0) is 10.8 Å². The lowest BCUT2D eigenvalue weighted by atomic mass is 10.1. The second-order valence-corrected chi connectivity index (χ2v) is 11.6. The van der Waals surface area contributed by atoms with E-state index in [2.05, 4.69) is 48.5 Å². The Labute approximate surface area is 354 Å².